The number of aromatic nitrogens is 1. The van der Waals surface area contributed by atoms with E-state index in [0.717, 1.165) is 57.3 Å². The molecule has 1 aromatic heterocycles. The number of rotatable bonds is 8. The smallest absolute Gasteiger partial charge is 0.341 e. The number of nitrogens with one attached hydrogen (secondary N) is 1. The Kier molecular flexibility index (Phi) is 6.69. The molecular formula is C32H31N3O2. The number of benzene rings is 3. The Bertz CT molecular complexity index is 1540. The van der Waals surface area contributed by atoms with Crippen molar-refractivity contribution in [1.29, 1.82) is 0 Å². The number of carbonyl (C=O) groups excluding carboxylic acids is 1. The Morgan fingerprint density at radius 3 is 2.46 bits per heavy atom. The van der Waals surface area contributed by atoms with Crippen molar-refractivity contribution < 1.29 is 9.53 Å². The van der Waals surface area contributed by atoms with E-state index in [1.165, 1.54) is 7.11 Å². The van der Waals surface area contributed by atoms with Gasteiger partial charge in [-0.05, 0) is 71.4 Å². The minimum absolute atomic E-state index is 0.242. The summed E-state index contributed by atoms with van der Waals surface area (Å²) in [4.78, 5) is 12.6. The molecular weight excluding hydrogens is 458 g/mol. The predicted molar refractivity (Wildman–Crippen MR) is 152 cm³/mol. The number of fused-ring (bicyclic) bond motifs is 1. The van der Waals surface area contributed by atoms with Gasteiger partial charge in [0, 0.05) is 29.9 Å². The molecule has 0 aliphatic heterocycles. The molecule has 37 heavy (non-hydrogen) atoms. The third kappa shape index (κ3) is 5.07. The molecule has 0 amide bonds. The topological polar surface area (TPSA) is 69.3 Å². The van der Waals surface area contributed by atoms with Crippen molar-refractivity contribution in [3.8, 4) is 22.3 Å². The summed E-state index contributed by atoms with van der Waals surface area (Å²) < 4.78 is 7.16. The van der Waals surface area contributed by atoms with Gasteiger partial charge in [-0.3, -0.25) is 0 Å². The van der Waals surface area contributed by atoms with Gasteiger partial charge in [0.25, 0.3) is 0 Å². The highest BCUT2D eigenvalue weighted by Gasteiger charge is 2.25. The van der Waals surface area contributed by atoms with Crippen molar-refractivity contribution in [2.45, 2.75) is 12.8 Å². The summed E-state index contributed by atoms with van der Waals surface area (Å²) in [5, 5.41) is 4.34. The van der Waals surface area contributed by atoms with E-state index in [1.54, 1.807) is 12.2 Å². The zero-order valence-corrected chi connectivity index (χ0v) is 21.2. The highest BCUT2D eigenvalue weighted by Crippen LogP contribution is 2.38. The molecule has 1 aliphatic rings. The van der Waals surface area contributed by atoms with Crippen molar-refractivity contribution in [3.63, 3.8) is 0 Å². The summed E-state index contributed by atoms with van der Waals surface area (Å²) >= 11 is 0. The Hall–Kier alpha value is -4.51. The van der Waals surface area contributed by atoms with Crippen LogP contribution in [0.5, 0.6) is 0 Å². The minimum atomic E-state index is -0.485. The molecule has 5 heteroatoms. The first-order chi connectivity index (χ1) is 18.0. The Morgan fingerprint density at radius 1 is 1.03 bits per heavy atom. The van der Waals surface area contributed by atoms with E-state index in [4.69, 9.17) is 10.5 Å². The molecule has 1 heterocycles. The van der Waals surface area contributed by atoms with Crippen molar-refractivity contribution in [2.24, 2.45) is 18.7 Å². The van der Waals surface area contributed by atoms with E-state index in [1.807, 2.05) is 37.5 Å². The van der Waals surface area contributed by atoms with E-state index >= 15 is 0 Å². The number of nitrogens with zero attached hydrogens (tertiary/aromatic N) is 1. The highest BCUT2D eigenvalue weighted by molar-refractivity contribution is 5.99. The number of carbonyl (C=O) groups is 1. The number of allylic oxidation sites excluding steroid dienone is 2. The summed E-state index contributed by atoms with van der Waals surface area (Å²) in [7, 11) is 3.41. The molecule has 1 fully saturated rings. The van der Waals surface area contributed by atoms with Crippen molar-refractivity contribution >= 4 is 22.6 Å². The SMILES string of the molecule is C=C/C(=C\C(C(=O)OC)=C(/N)Nc1cc(-c2cccc(-c3ccccc3)c2)c2c(ccn2C)c1)C1CC1. The molecule has 0 atom stereocenters. The number of anilines is 1. The molecule has 5 nitrogen and oxygen atoms in total. The van der Waals surface area contributed by atoms with E-state index in [2.05, 4.69) is 65.0 Å². The first kappa shape index (κ1) is 24.2. The normalized spacial score (nSPS) is 14.3. The van der Waals surface area contributed by atoms with Crippen LogP contribution in [0.2, 0.25) is 0 Å². The van der Waals surface area contributed by atoms with Gasteiger partial charge >= 0.3 is 5.97 Å². The number of ether oxygens (including phenoxy) is 1. The monoisotopic (exact) mass is 489 g/mol. The van der Waals surface area contributed by atoms with Crippen molar-refractivity contribution in [2.75, 3.05) is 12.4 Å². The number of aryl methyl sites for hydroxylation is 1. The highest BCUT2D eigenvalue weighted by atomic mass is 16.5. The van der Waals surface area contributed by atoms with Crippen LogP contribution in [0.3, 0.4) is 0 Å². The third-order valence-electron chi connectivity index (χ3n) is 6.82. The lowest BCUT2D eigenvalue weighted by Crippen LogP contribution is -2.18. The van der Waals surface area contributed by atoms with E-state index < -0.39 is 5.97 Å². The second-order valence-electron chi connectivity index (χ2n) is 9.40. The predicted octanol–water partition coefficient (Wildman–Crippen LogP) is 6.79. The number of hydrogen-bond donors (Lipinski definition) is 2. The quantitative estimate of drug-likeness (QED) is 0.162. The van der Waals surface area contributed by atoms with Gasteiger partial charge in [0.2, 0.25) is 0 Å². The first-order valence-electron chi connectivity index (χ1n) is 12.4. The van der Waals surface area contributed by atoms with Crippen molar-refractivity contribution in [3.05, 3.63) is 115 Å². The van der Waals surface area contributed by atoms with Crippen LogP contribution in [-0.2, 0) is 16.6 Å². The Labute approximate surface area is 217 Å². The summed E-state index contributed by atoms with van der Waals surface area (Å²) in [6, 6.07) is 25.1. The van der Waals surface area contributed by atoms with Gasteiger partial charge in [-0.1, -0.05) is 61.2 Å². The van der Waals surface area contributed by atoms with Gasteiger partial charge in [0.15, 0.2) is 0 Å². The number of methoxy groups -OCH3 is 1. The van der Waals surface area contributed by atoms with E-state index in [0.29, 0.717) is 11.5 Å². The third-order valence-corrected chi connectivity index (χ3v) is 6.82. The van der Waals surface area contributed by atoms with E-state index in [9.17, 15) is 4.79 Å². The molecule has 186 valence electrons. The molecule has 1 aliphatic carbocycles. The van der Waals surface area contributed by atoms with Crippen LogP contribution in [0.15, 0.2) is 115 Å². The fourth-order valence-corrected chi connectivity index (χ4v) is 4.74. The molecule has 3 N–H and O–H groups in total. The van der Waals surface area contributed by atoms with Gasteiger partial charge < -0.3 is 20.4 Å². The maximum absolute atomic E-state index is 12.6. The summed E-state index contributed by atoms with van der Waals surface area (Å²) in [5.41, 5.74) is 14.2. The van der Waals surface area contributed by atoms with Gasteiger partial charge in [0.05, 0.1) is 18.2 Å². The lowest BCUT2D eigenvalue weighted by atomic mass is 9.97. The molecule has 0 bridgehead atoms. The number of nitrogens with two attached hydrogens (primary N) is 1. The molecule has 4 aromatic rings. The fourth-order valence-electron chi connectivity index (χ4n) is 4.74. The van der Waals surface area contributed by atoms with E-state index in [-0.39, 0.29) is 5.82 Å². The van der Waals surface area contributed by atoms with Gasteiger partial charge in [-0.25, -0.2) is 4.79 Å². The second kappa shape index (κ2) is 10.2. The Balaban J connectivity index is 1.59. The van der Waals surface area contributed by atoms with Gasteiger partial charge in [-0.15, -0.1) is 0 Å². The molecule has 3 aromatic carbocycles. The fraction of sp³-hybridized carbons (Fsp3) is 0.156. The van der Waals surface area contributed by atoms with Gasteiger partial charge in [0.1, 0.15) is 5.82 Å². The molecule has 0 unspecified atom stereocenters. The van der Waals surface area contributed by atoms with Crippen LogP contribution < -0.4 is 11.1 Å². The van der Waals surface area contributed by atoms with Gasteiger partial charge in [-0.2, -0.15) is 0 Å². The maximum Gasteiger partial charge on any atom is 0.341 e. The molecule has 1 saturated carbocycles. The van der Waals surface area contributed by atoms with Crippen LogP contribution in [0, 0.1) is 5.92 Å². The summed E-state index contributed by atoms with van der Waals surface area (Å²) in [6.07, 6.45) is 7.82. The van der Waals surface area contributed by atoms with Crippen LogP contribution in [0.4, 0.5) is 5.69 Å². The Morgan fingerprint density at radius 2 is 1.76 bits per heavy atom. The molecule has 0 saturated heterocycles. The zero-order valence-electron chi connectivity index (χ0n) is 21.2. The summed E-state index contributed by atoms with van der Waals surface area (Å²) in [6.45, 7) is 3.91. The lowest BCUT2D eigenvalue weighted by molar-refractivity contribution is -0.135. The molecule has 5 rings (SSSR count). The largest absolute Gasteiger partial charge is 0.465 e. The average molecular weight is 490 g/mol. The van der Waals surface area contributed by atoms with Crippen molar-refractivity contribution in [1.82, 2.24) is 4.57 Å². The van der Waals surface area contributed by atoms with Crippen LogP contribution in [0.1, 0.15) is 12.8 Å². The first-order valence-corrected chi connectivity index (χ1v) is 12.4. The summed E-state index contributed by atoms with van der Waals surface area (Å²) in [5.74, 6) is 0.182. The molecule has 0 spiro atoms. The molecule has 0 radical (unpaired) electrons. The second-order valence-corrected chi connectivity index (χ2v) is 9.40. The average Bonchev–Trinajstić information content (AvgIpc) is 3.71. The van der Waals surface area contributed by atoms with Crippen LogP contribution in [0.25, 0.3) is 33.2 Å². The maximum atomic E-state index is 12.6. The number of esters is 1. The number of hydrogen-bond acceptors (Lipinski definition) is 4. The van der Waals surface area contributed by atoms with Crippen LogP contribution in [-0.4, -0.2) is 17.6 Å². The van der Waals surface area contributed by atoms with Crippen LogP contribution >= 0.6 is 0 Å². The zero-order chi connectivity index (χ0) is 25.9. The minimum Gasteiger partial charge on any atom is -0.465 e. The lowest BCUT2D eigenvalue weighted by Gasteiger charge is -2.15. The standard InChI is InChI=1S/C32H31N3O2/c1-4-21(23-13-14-23)19-29(32(36)37-3)31(33)34-27-18-26-15-16-35(2)30(26)28(20-27)25-12-8-11-24(17-25)22-9-6-5-7-10-22/h4-12,15-20,23,34H,1,13-14,33H2,2-3H3/b21-19+,31-29-.